The van der Waals surface area contributed by atoms with Gasteiger partial charge in [-0.3, -0.25) is 9.58 Å². The summed E-state index contributed by atoms with van der Waals surface area (Å²) < 4.78 is 1.84. The minimum absolute atomic E-state index is 0.249. The molecule has 1 spiro atoms. The maximum absolute atomic E-state index is 4.66. The van der Waals surface area contributed by atoms with Crippen molar-refractivity contribution in [2.45, 2.75) is 31.2 Å². The van der Waals surface area contributed by atoms with Gasteiger partial charge in [0.2, 0.25) is 0 Å². The Bertz CT molecular complexity index is 1110. The van der Waals surface area contributed by atoms with E-state index >= 15 is 0 Å². The van der Waals surface area contributed by atoms with Gasteiger partial charge in [0.1, 0.15) is 5.82 Å². The van der Waals surface area contributed by atoms with Gasteiger partial charge in [-0.2, -0.15) is 5.10 Å². The van der Waals surface area contributed by atoms with Crippen molar-refractivity contribution in [2.24, 2.45) is 12.5 Å². The fourth-order valence-corrected chi connectivity index (χ4v) is 5.91. The van der Waals surface area contributed by atoms with E-state index in [2.05, 4.69) is 51.1 Å². The van der Waals surface area contributed by atoms with Crippen LogP contribution in [0.1, 0.15) is 25.7 Å². The van der Waals surface area contributed by atoms with Crippen molar-refractivity contribution in [1.82, 2.24) is 19.7 Å². The second-order valence-corrected chi connectivity index (χ2v) is 8.74. The van der Waals surface area contributed by atoms with Crippen molar-refractivity contribution in [3.63, 3.8) is 0 Å². The van der Waals surface area contributed by atoms with Crippen LogP contribution >= 0.6 is 0 Å². The van der Waals surface area contributed by atoms with Gasteiger partial charge in [-0.05, 0) is 55.3 Å². The average Bonchev–Trinajstić information content (AvgIpc) is 3.14. The lowest BCUT2D eigenvalue weighted by Crippen LogP contribution is -2.69. The molecule has 3 fully saturated rings. The molecule has 142 valence electrons. The highest BCUT2D eigenvalue weighted by molar-refractivity contribution is 5.88. The second-order valence-electron chi connectivity index (χ2n) is 8.74. The van der Waals surface area contributed by atoms with Gasteiger partial charge in [-0.15, -0.1) is 0 Å². The molecule has 28 heavy (non-hydrogen) atoms. The Balaban J connectivity index is 1.30. The van der Waals surface area contributed by atoms with E-state index in [-0.39, 0.29) is 5.41 Å². The largest absolute Gasteiger partial charge is 0.344 e. The van der Waals surface area contributed by atoms with Crippen molar-refractivity contribution >= 4 is 16.6 Å². The maximum Gasteiger partial charge on any atom is 0.130 e. The standard InChI is InChI=1S/C23H25N5/c1-16(22-5-6-23(22)8-10-28(23)9-7-22)26-21-12-19-11-17(3-4-18(19)13-24-21)20-14-25-27(2)15-20/h3-4,11-15H,1,5-10H2,2H3,(H,24,26). The van der Waals surface area contributed by atoms with E-state index in [0.29, 0.717) is 5.54 Å². The maximum atomic E-state index is 4.66. The highest BCUT2D eigenvalue weighted by Gasteiger charge is 2.70. The molecule has 2 atom stereocenters. The minimum Gasteiger partial charge on any atom is -0.344 e. The number of fused-ring (bicyclic) bond motifs is 1. The van der Waals surface area contributed by atoms with E-state index in [1.54, 1.807) is 0 Å². The van der Waals surface area contributed by atoms with Crippen LogP contribution in [0.5, 0.6) is 0 Å². The molecule has 0 bridgehead atoms. The molecule has 1 saturated carbocycles. The van der Waals surface area contributed by atoms with Crippen LogP contribution in [-0.2, 0) is 7.05 Å². The number of benzene rings is 1. The lowest BCUT2D eigenvalue weighted by Gasteiger charge is -2.65. The summed E-state index contributed by atoms with van der Waals surface area (Å²) in [6.07, 6.45) is 11.1. The van der Waals surface area contributed by atoms with E-state index in [0.717, 1.165) is 22.5 Å². The molecule has 2 aliphatic heterocycles. The third-order valence-corrected chi connectivity index (χ3v) is 7.68. The third kappa shape index (κ3) is 2.00. The molecule has 2 unspecified atom stereocenters. The lowest BCUT2D eigenvalue weighted by atomic mass is 9.50. The molecule has 0 amide bonds. The molecular weight excluding hydrogens is 346 g/mol. The van der Waals surface area contributed by atoms with Gasteiger partial charge in [0.05, 0.1) is 6.20 Å². The molecule has 3 aromatic rings. The number of hydrogen-bond acceptors (Lipinski definition) is 4. The van der Waals surface area contributed by atoms with Crippen LogP contribution in [-0.4, -0.2) is 38.3 Å². The van der Waals surface area contributed by atoms with Gasteiger partial charge < -0.3 is 5.32 Å². The van der Waals surface area contributed by atoms with E-state index in [1.807, 2.05) is 30.3 Å². The second kappa shape index (κ2) is 5.45. The molecule has 1 aromatic carbocycles. The number of aromatic nitrogens is 3. The van der Waals surface area contributed by atoms with Crippen LogP contribution in [0.2, 0.25) is 0 Å². The van der Waals surface area contributed by atoms with Crippen molar-refractivity contribution in [2.75, 3.05) is 18.4 Å². The van der Waals surface area contributed by atoms with E-state index in [4.69, 9.17) is 0 Å². The first-order valence-corrected chi connectivity index (χ1v) is 10.2. The molecule has 2 aromatic heterocycles. The van der Waals surface area contributed by atoms with Gasteiger partial charge in [0.15, 0.2) is 0 Å². The van der Waals surface area contributed by atoms with Gasteiger partial charge in [-0.1, -0.05) is 18.7 Å². The van der Waals surface area contributed by atoms with Crippen molar-refractivity contribution < 1.29 is 0 Å². The van der Waals surface area contributed by atoms with Crippen LogP contribution in [0, 0.1) is 5.41 Å². The van der Waals surface area contributed by atoms with Crippen LogP contribution in [0.3, 0.4) is 0 Å². The van der Waals surface area contributed by atoms with E-state index in [9.17, 15) is 0 Å². The van der Waals surface area contributed by atoms with E-state index < -0.39 is 0 Å². The molecule has 3 aliphatic rings. The average molecular weight is 371 g/mol. The molecule has 2 saturated heterocycles. The number of anilines is 1. The molecule has 0 radical (unpaired) electrons. The van der Waals surface area contributed by atoms with Crippen molar-refractivity contribution in [3.8, 4) is 11.1 Å². The Labute approximate surface area is 165 Å². The predicted octanol–water partition coefficient (Wildman–Crippen LogP) is 4.19. The zero-order chi connectivity index (χ0) is 18.9. The molecule has 1 N–H and O–H groups in total. The minimum atomic E-state index is 0.249. The molecule has 4 heterocycles. The zero-order valence-corrected chi connectivity index (χ0v) is 16.3. The smallest absolute Gasteiger partial charge is 0.130 e. The molecule has 6 rings (SSSR count). The van der Waals surface area contributed by atoms with Crippen LogP contribution in [0.15, 0.2) is 55.1 Å². The lowest BCUT2D eigenvalue weighted by molar-refractivity contribution is -0.109. The Morgan fingerprint density at radius 1 is 1.04 bits per heavy atom. The first kappa shape index (κ1) is 16.3. The molecule has 5 nitrogen and oxygen atoms in total. The van der Waals surface area contributed by atoms with Crippen molar-refractivity contribution in [3.05, 3.63) is 55.1 Å². The summed E-state index contributed by atoms with van der Waals surface area (Å²) in [4.78, 5) is 7.34. The zero-order valence-electron chi connectivity index (χ0n) is 16.3. The number of nitrogens with one attached hydrogen (secondary N) is 1. The number of aryl methyl sites for hydroxylation is 1. The first-order chi connectivity index (χ1) is 13.6. The highest BCUT2D eigenvalue weighted by Crippen LogP contribution is 2.68. The monoisotopic (exact) mass is 371 g/mol. The summed E-state index contributed by atoms with van der Waals surface area (Å²) in [5.74, 6) is 0.898. The number of hydrogen-bond donors (Lipinski definition) is 1. The summed E-state index contributed by atoms with van der Waals surface area (Å²) in [5, 5.41) is 10.2. The summed E-state index contributed by atoms with van der Waals surface area (Å²) in [6.45, 7) is 6.96. The SMILES string of the molecule is C=C(Nc1cc2cc(-c3cnn(C)c3)ccc2cn1)C12CCN3CCC31CC2. The molecule has 5 heteroatoms. The third-order valence-electron chi connectivity index (χ3n) is 7.68. The van der Waals surface area contributed by atoms with Gasteiger partial charge >= 0.3 is 0 Å². The van der Waals surface area contributed by atoms with Crippen LogP contribution in [0.4, 0.5) is 5.82 Å². The summed E-state index contributed by atoms with van der Waals surface area (Å²) in [5.41, 5.74) is 4.12. The van der Waals surface area contributed by atoms with Gasteiger partial charge in [0.25, 0.3) is 0 Å². The Kier molecular flexibility index (Phi) is 3.17. The van der Waals surface area contributed by atoms with Crippen LogP contribution < -0.4 is 5.32 Å². The van der Waals surface area contributed by atoms with Crippen molar-refractivity contribution in [1.29, 1.82) is 0 Å². The Morgan fingerprint density at radius 3 is 2.64 bits per heavy atom. The number of rotatable bonds is 4. The molecule has 1 aliphatic carbocycles. The Hall–Kier alpha value is -2.66. The van der Waals surface area contributed by atoms with Gasteiger partial charge in [-0.25, -0.2) is 4.98 Å². The fraction of sp³-hybridized carbons (Fsp3) is 0.391. The van der Waals surface area contributed by atoms with Gasteiger partial charge in [0, 0.05) is 53.6 Å². The first-order valence-electron chi connectivity index (χ1n) is 10.2. The number of pyridine rings is 1. The Morgan fingerprint density at radius 2 is 1.93 bits per heavy atom. The summed E-state index contributed by atoms with van der Waals surface area (Å²) >= 11 is 0. The normalized spacial score (nSPS) is 28.3. The fourth-order valence-electron chi connectivity index (χ4n) is 5.91. The topological polar surface area (TPSA) is 46.0 Å². The number of nitrogens with zero attached hydrogens (tertiary/aromatic N) is 4. The predicted molar refractivity (Wildman–Crippen MR) is 112 cm³/mol. The van der Waals surface area contributed by atoms with Crippen LogP contribution in [0.25, 0.3) is 21.9 Å². The molecular formula is C23H25N5. The van der Waals surface area contributed by atoms with E-state index in [1.165, 1.54) is 49.7 Å². The highest BCUT2D eigenvalue weighted by atomic mass is 15.3. The quantitative estimate of drug-likeness (QED) is 0.747. The summed E-state index contributed by atoms with van der Waals surface area (Å²) in [6, 6.07) is 8.63. The summed E-state index contributed by atoms with van der Waals surface area (Å²) in [7, 11) is 1.95.